The number of carbonyl (C=O) groups is 1. The Morgan fingerprint density at radius 2 is 1.65 bits per heavy atom. The monoisotopic (exact) mass is 436 g/mol. The van der Waals surface area contributed by atoms with E-state index >= 15 is 0 Å². The van der Waals surface area contributed by atoms with Crippen molar-refractivity contribution in [3.63, 3.8) is 0 Å². The van der Waals surface area contributed by atoms with E-state index in [1.165, 1.54) is 38.6 Å². The zero-order valence-electron chi connectivity index (χ0n) is 19.5. The average Bonchev–Trinajstić information content (AvgIpc) is 2.77. The molecule has 1 saturated heterocycles. The molecule has 1 aromatic rings. The maximum Gasteiger partial charge on any atom is 0.303 e. The number of ether oxygens (including phenoxy) is 3. The number of methoxy groups -OCH3 is 2. The Labute approximate surface area is 187 Å². The molecule has 0 saturated carbocycles. The predicted molar refractivity (Wildman–Crippen MR) is 122 cm³/mol. The fourth-order valence-electron chi connectivity index (χ4n) is 3.97. The average molecular weight is 437 g/mol. The van der Waals surface area contributed by atoms with Gasteiger partial charge < -0.3 is 24.2 Å². The van der Waals surface area contributed by atoms with Gasteiger partial charge in [0.05, 0.1) is 20.8 Å². The molecule has 0 aliphatic carbocycles. The second-order valence-electron chi connectivity index (χ2n) is 8.17. The lowest BCUT2D eigenvalue weighted by Gasteiger charge is -2.35. The number of carboxylic acids is 1. The first-order valence-corrected chi connectivity index (χ1v) is 11.6. The molecular weight excluding hydrogens is 396 g/mol. The van der Waals surface area contributed by atoms with Crippen molar-refractivity contribution in [2.45, 2.75) is 58.4 Å². The van der Waals surface area contributed by atoms with Crippen molar-refractivity contribution >= 4 is 5.97 Å². The molecule has 1 heterocycles. The smallest absolute Gasteiger partial charge is 0.303 e. The lowest BCUT2D eigenvalue weighted by Crippen LogP contribution is -2.46. The first kappa shape index (κ1) is 25.3. The van der Waals surface area contributed by atoms with E-state index in [0.717, 1.165) is 38.3 Å². The van der Waals surface area contributed by atoms with Gasteiger partial charge in [-0.25, -0.2) is 0 Å². The summed E-state index contributed by atoms with van der Waals surface area (Å²) < 4.78 is 17.0. The van der Waals surface area contributed by atoms with Crippen LogP contribution in [0.15, 0.2) is 12.1 Å². The summed E-state index contributed by atoms with van der Waals surface area (Å²) in [7, 11) is 3.21. The Kier molecular flexibility index (Phi) is 11.5. The molecule has 0 radical (unpaired) electrons. The van der Waals surface area contributed by atoms with Crippen LogP contribution in [0.4, 0.5) is 0 Å². The van der Waals surface area contributed by atoms with Gasteiger partial charge in [0.15, 0.2) is 11.5 Å². The van der Waals surface area contributed by atoms with Crippen molar-refractivity contribution in [1.29, 1.82) is 0 Å². The van der Waals surface area contributed by atoms with Crippen LogP contribution >= 0.6 is 0 Å². The molecule has 176 valence electrons. The second kappa shape index (κ2) is 14.1. The fourth-order valence-corrected chi connectivity index (χ4v) is 3.97. The molecule has 1 N–H and O–H groups in total. The quantitative estimate of drug-likeness (QED) is 0.416. The molecule has 7 nitrogen and oxygen atoms in total. The highest BCUT2D eigenvalue weighted by Gasteiger charge is 2.21. The summed E-state index contributed by atoms with van der Waals surface area (Å²) in [6.45, 7) is 8.80. The molecule has 0 spiro atoms. The maximum atomic E-state index is 10.8. The third-order valence-corrected chi connectivity index (χ3v) is 5.80. The number of carboxylic acid groups (broad SMARTS) is 1. The standard InChI is InChI=1S/C24H40N2O5/c1-4-5-6-7-8-13-25-14-16-26(17-15-25)19-20-11-12-21(29-2)24(30-3)23(20)31-18-9-10-22(27)28/h11-12H,4-10,13-19H2,1-3H3,(H,27,28). The summed E-state index contributed by atoms with van der Waals surface area (Å²) in [5, 5.41) is 8.87. The normalized spacial score (nSPS) is 15.1. The van der Waals surface area contributed by atoms with E-state index < -0.39 is 5.97 Å². The predicted octanol–water partition coefficient (Wildman–Crippen LogP) is 4.04. The molecule has 1 aliphatic heterocycles. The molecule has 0 amide bonds. The van der Waals surface area contributed by atoms with Gasteiger partial charge in [-0.05, 0) is 25.5 Å². The summed E-state index contributed by atoms with van der Waals surface area (Å²) in [6.07, 6.45) is 7.16. The van der Waals surface area contributed by atoms with Gasteiger partial charge in [0.1, 0.15) is 0 Å². The van der Waals surface area contributed by atoms with Gasteiger partial charge in [-0.15, -0.1) is 0 Å². The summed E-state index contributed by atoms with van der Waals surface area (Å²) in [5.74, 6) is 1.03. The molecule has 0 unspecified atom stereocenters. The van der Waals surface area contributed by atoms with Gasteiger partial charge >= 0.3 is 5.97 Å². The number of aliphatic carboxylic acids is 1. The number of hydrogen-bond donors (Lipinski definition) is 1. The van der Waals surface area contributed by atoms with Crippen LogP contribution in [0.1, 0.15) is 57.4 Å². The van der Waals surface area contributed by atoms with Gasteiger partial charge in [0.2, 0.25) is 5.75 Å². The summed E-state index contributed by atoms with van der Waals surface area (Å²) in [6, 6.07) is 3.93. The first-order valence-electron chi connectivity index (χ1n) is 11.6. The van der Waals surface area contributed by atoms with Crippen LogP contribution in [0.2, 0.25) is 0 Å². The Bertz CT molecular complexity index is 660. The van der Waals surface area contributed by atoms with Crippen LogP contribution in [0.25, 0.3) is 0 Å². The number of unbranched alkanes of at least 4 members (excludes halogenated alkanes) is 4. The lowest BCUT2D eigenvalue weighted by molar-refractivity contribution is -0.137. The highest BCUT2D eigenvalue weighted by Crippen LogP contribution is 2.40. The number of benzene rings is 1. The van der Waals surface area contributed by atoms with Crippen molar-refractivity contribution < 1.29 is 24.1 Å². The third-order valence-electron chi connectivity index (χ3n) is 5.80. The Hall–Kier alpha value is -1.99. The van der Waals surface area contributed by atoms with Crippen molar-refractivity contribution in [1.82, 2.24) is 9.80 Å². The van der Waals surface area contributed by atoms with E-state index in [0.29, 0.717) is 30.3 Å². The van der Waals surface area contributed by atoms with Crippen molar-refractivity contribution in [3.05, 3.63) is 17.7 Å². The summed E-state index contributed by atoms with van der Waals surface area (Å²) in [4.78, 5) is 15.8. The summed E-state index contributed by atoms with van der Waals surface area (Å²) >= 11 is 0. The van der Waals surface area contributed by atoms with E-state index in [9.17, 15) is 4.79 Å². The van der Waals surface area contributed by atoms with Gasteiger partial charge in [-0.3, -0.25) is 9.69 Å². The van der Waals surface area contributed by atoms with Crippen LogP contribution in [0.3, 0.4) is 0 Å². The molecule has 7 heteroatoms. The van der Waals surface area contributed by atoms with Gasteiger partial charge in [0, 0.05) is 44.7 Å². The molecule has 0 atom stereocenters. The molecule has 2 rings (SSSR count). The maximum absolute atomic E-state index is 10.8. The summed E-state index contributed by atoms with van der Waals surface area (Å²) in [5.41, 5.74) is 1.04. The zero-order valence-corrected chi connectivity index (χ0v) is 19.5. The highest BCUT2D eigenvalue weighted by molar-refractivity contribution is 5.66. The van der Waals surface area contributed by atoms with Crippen LogP contribution < -0.4 is 14.2 Å². The first-order chi connectivity index (χ1) is 15.1. The van der Waals surface area contributed by atoms with Crippen LogP contribution in [0, 0.1) is 0 Å². The van der Waals surface area contributed by atoms with E-state index in [1.54, 1.807) is 14.2 Å². The van der Waals surface area contributed by atoms with E-state index in [-0.39, 0.29) is 6.42 Å². The minimum absolute atomic E-state index is 0.0853. The van der Waals surface area contributed by atoms with E-state index in [1.807, 2.05) is 12.1 Å². The number of piperazine rings is 1. The van der Waals surface area contributed by atoms with Crippen LogP contribution in [-0.2, 0) is 11.3 Å². The van der Waals surface area contributed by atoms with Crippen molar-refractivity contribution in [3.8, 4) is 17.2 Å². The number of nitrogens with zero attached hydrogens (tertiary/aromatic N) is 2. The fraction of sp³-hybridized carbons (Fsp3) is 0.708. The Morgan fingerprint density at radius 1 is 0.935 bits per heavy atom. The van der Waals surface area contributed by atoms with Crippen molar-refractivity contribution in [2.24, 2.45) is 0 Å². The number of rotatable bonds is 15. The molecule has 1 fully saturated rings. The van der Waals surface area contributed by atoms with Gasteiger partial charge in [-0.1, -0.05) is 38.7 Å². The van der Waals surface area contributed by atoms with Crippen molar-refractivity contribution in [2.75, 3.05) is 53.6 Å². The molecule has 1 aromatic carbocycles. The van der Waals surface area contributed by atoms with E-state index in [2.05, 4.69) is 16.7 Å². The molecule has 0 aromatic heterocycles. The molecular formula is C24H40N2O5. The number of hydrogen-bond acceptors (Lipinski definition) is 6. The topological polar surface area (TPSA) is 71.5 Å². The van der Waals surface area contributed by atoms with Crippen LogP contribution in [-0.4, -0.2) is 74.4 Å². The van der Waals surface area contributed by atoms with Crippen LogP contribution in [0.5, 0.6) is 17.2 Å². The Morgan fingerprint density at radius 3 is 2.29 bits per heavy atom. The highest BCUT2D eigenvalue weighted by atomic mass is 16.5. The van der Waals surface area contributed by atoms with Gasteiger partial charge in [0.25, 0.3) is 0 Å². The lowest BCUT2D eigenvalue weighted by atomic mass is 10.1. The largest absolute Gasteiger partial charge is 0.493 e. The second-order valence-corrected chi connectivity index (χ2v) is 8.17. The van der Waals surface area contributed by atoms with Gasteiger partial charge in [-0.2, -0.15) is 0 Å². The molecule has 31 heavy (non-hydrogen) atoms. The minimum Gasteiger partial charge on any atom is -0.493 e. The third kappa shape index (κ3) is 8.57. The SMILES string of the molecule is CCCCCCCN1CCN(Cc2ccc(OC)c(OC)c2OCCCC(=O)O)CC1. The minimum atomic E-state index is -0.815. The van der Waals surface area contributed by atoms with E-state index in [4.69, 9.17) is 19.3 Å². The molecule has 0 bridgehead atoms. The zero-order chi connectivity index (χ0) is 22.5. The molecule has 1 aliphatic rings. The Balaban J connectivity index is 1.92.